The van der Waals surface area contributed by atoms with Gasteiger partial charge in [-0.1, -0.05) is 78.9 Å². The second kappa shape index (κ2) is 12.1. The SMILES string of the molecule is O=C(O)CN1C(=O)[C@H](N[C@@H](CCc2ccccc2)C(=O)OCc2ccccc2)CCc2ccccc21. The van der Waals surface area contributed by atoms with E-state index in [9.17, 15) is 19.5 Å². The summed E-state index contributed by atoms with van der Waals surface area (Å²) in [6.07, 6.45) is 2.09. The van der Waals surface area contributed by atoms with Crippen LogP contribution < -0.4 is 10.2 Å². The first-order chi connectivity index (χ1) is 17.5. The molecule has 0 bridgehead atoms. The van der Waals surface area contributed by atoms with Crippen LogP contribution in [0.4, 0.5) is 5.69 Å². The lowest BCUT2D eigenvalue weighted by molar-refractivity contribution is -0.148. The summed E-state index contributed by atoms with van der Waals surface area (Å²) in [6.45, 7) is -0.306. The van der Waals surface area contributed by atoms with Crippen molar-refractivity contribution in [2.75, 3.05) is 11.4 Å². The third kappa shape index (κ3) is 6.58. The zero-order chi connectivity index (χ0) is 25.3. The minimum atomic E-state index is -1.10. The molecule has 1 heterocycles. The van der Waals surface area contributed by atoms with E-state index in [0.29, 0.717) is 31.4 Å². The predicted octanol–water partition coefficient (Wildman–Crippen LogP) is 3.75. The van der Waals surface area contributed by atoms with E-state index in [0.717, 1.165) is 16.7 Å². The number of carboxylic acids is 1. The number of esters is 1. The van der Waals surface area contributed by atoms with Crippen LogP contribution in [0, 0.1) is 0 Å². The summed E-state index contributed by atoms with van der Waals surface area (Å²) < 4.78 is 5.62. The number of hydrogen-bond acceptors (Lipinski definition) is 5. The molecule has 3 aromatic rings. The number of carbonyl (C=O) groups excluding carboxylic acids is 2. The van der Waals surface area contributed by atoms with Crippen LogP contribution in [-0.2, 0) is 38.6 Å². The number of fused-ring (bicyclic) bond motifs is 1. The van der Waals surface area contributed by atoms with Crippen LogP contribution in [0.25, 0.3) is 0 Å². The van der Waals surface area contributed by atoms with Crippen molar-refractivity contribution >= 4 is 23.5 Å². The molecule has 0 aliphatic carbocycles. The van der Waals surface area contributed by atoms with E-state index in [2.05, 4.69) is 5.32 Å². The monoisotopic (exact) mass is 486 g/mol. The molecule has 36 heavy (non-hydrogen) atoms. The fraction of sp³-hybridized carbons (Fsp3) is 0.276. The Hall–Kier alpha value is -3.97. The van der Waals surface area contributed by atoms with Gasteiger partial charge in [-0.3, -0.25) is 24.6 Å². The van der Waals surface area contributed by atoms with Gasteiger partial charge in [-0.15, -0.1) is 0 Å². The van der Waals surface area contributed by atoms with Crippen molar-refractivity contribution in [2.24, 2.45) is 0 Å². The first kappa shape index (κ1) is 25.1. The van der Waals surface area contributed by atoms with Crippen molar-refractivity contribution in [2.45, 2.75) is 44.4 Å². The Labute approximate surface area is 210 Å². The van der Waals surface area contributed by atoms with Crippen molar-refractivity contribution in [3.05, 3.63) is 102 Å². The van der Waals surface area contributed by atoms with Gasteiger partial charge in [0, 0.05) is 5.69 Å². The van der Waals surface area contributed by atoms with Crippen molar-refractivity contribution < 1.29 is 24.2 Å². The lowest BCUT2D eigenvalue weighted by Gasteiger charge is -2.27. The number of nitrogens with zero attached hydrogens (tertiary/aromatic N) is 1. The molecule has 3 aromatic carbocycles. The molecule has 1 aliphatic rings. The summed E-state index contributed by atoms with van der Waals surface area (Å²) in [6, 6.07) is 25.1. The van der Waals surface area contributed by atoms with Gasteiger partial charge in [0.2, 0.25) is 5.91 Å². The largest absolute Gasteiger partial charge is 0.480 e. The van der Waals surface area contributed by atoms with Crippen LogP contribution in [0.15, 0.2) is 84.9 Å². The quantitative estimate of drug-likeness (QED) is 0.424. The summed E-state index contributed by atoms with van der Waals surface area (Å²) in [4.78, 5) is 39.5. The molecule has 0 saturated heterocycles. The number of para-hydroxylation sites is 1. The van der Waals surface area contributed by atoms with Crippen LogP contribution in [0.5, 0.6) is 0 Å². The zero-order valence-corrected chi connectivity index (χ0v) is 20.0. The maximum absolute atomic E-state index is 13.5. The highest BCUT2D eigenvalue weighted by atomic mass is 16.5. The van der Waals surface area contributed by atoms with Gasteiger partial charge in [-0.25, -0.2) is 0 Å². The van der Waals surface area contributed by atoms with Gasteiger partial charge in [0.25, 0.3) is 0 Å². The first-order valence-corrected chi connectivity index (χ1v) is 12.1. The molecule has 4 rings (SSSR count). The Morgan fingerprint density at radius 3 is 2.28 bits per heavy atom. The molecule has 0 spiro atoms. The van der Waals surface area contributed by atoms with E-state index in [1.165, 1.54) is 4.90 Å². The van der Waals surface area contributed by atoms with Gasteiger partial charge in [0.05, 0.1) is 6.04 Å². The van der Waals surface area contributed by atoms with Crippen molar-refractivity contribution in [1.29, 1.82) is 0 Å². The van der Waals surface area contributed by atoms with Gasteiger partial charge < -0.3 is 9.84 Å². The number of carbonyl (C=O) groups is 3. The van der Waals surface area contributed by atoms with Crippen LogP contribution in [-0.4, -0.2) is 41.6 Å². The smallest absolute Gasteiger partial charge is 0.323 e. The number of ether oxygens (including phenoxy) is 1. The van der Waals surface area contributed by atoms with Gasteiger partial charge in [0.15, 0.2) is 0 Å². The Kier molecular flexibility index (Phi) is 8.47. The Morgan fingerprint density at radius 2 is 1.58 bits per heavy atom. The summed E-state index contributed by atoms with van der Waals surface area (Å²) in [7, 11) is 0. The lowest BCUT2D eigenvalue weighted by Crippen LogP contribution is -2.53. The highest BCUT2D eigenvalue weighted by Gasteiger charge is 2.34. The van der Waals surface area contributed by atoms with Crippen molar-refractivity contribution in [3.63, 3.8) is 0 Å². The minimum Gasteiger partial charge on any atom is -0.480 e. The fourth-order valence-electron chi connectivity index (χ4n) is 4.47. The molecule has 1 aliphatic heterocycles. The molecule has 0 aromatic heterocycles. The molecular formula is C29H30N2O5. The Bertz CT molecular complexity index is 1180. The second-order valence-corrected chi connectivity index (χ2v) is 8.87. The average Bonchev–Trinajstić information content (AvgIpc) is 3.02. The third-order valence-corrected chi connectivity index (χ3v) is 6.32. The number of aliphatic carboxylic acids is 1. The Balaban J connectivity index is 1.52. The molecule has 0 saturated carbocycles. The average molecular weight is 487 g/mol. The number of hydrogen-bond donors (Lipinski definition) is 2. The van der Waals surface area contributed by atoms with E-state index >= 15 is 0 Å². The standard InChI is InChI=1S/C29H30N2O5/c32-27(33)19-31-26-14-8-7-13-23(26)16-18-24(28(31)34)30-25(17-15-21-9-3-1-4-10-21)29(35)36-20-22-11-5-2-6-12-22/h1-14,24-25,30H,15-20H2,(H,32,33)/t24-,25+/m1/s1. The van der Waals surface area contributed by atoms with E-state index in [-0.39, 0.29) is 12.5 Å². The number of carboxylic acid groups (broad SMARTS) is 1. The second-order valence-electron chi connectivity index (χ2n) is 8.87. The highest BCUT2D eigenvalue weighted by molar-refractivity contribution is 6.02. The van der Waals surface area contributed by atoms with Crippen LogP contribution in [0.1, 0.15) is 29.5 Å². The van der Waals surface area contributed by atoms with Gasteiger partial charge in [-0.2, -0.15) is 0 Å². The number of aryl methyl sites for hydroxylation is 2. The van der Waals surface area contributed by atoms with Crippen molar-refractivity contribution in [1.82, 2.24) is 5.32 Å². The van der Waals surface area contributed by atoms with Gasteiger partial charge in [-0.05, 0) is 48.4 Å². The van der Waals surface area contributed by atoms with E-state index in [4.69, 9.17) is 4.74 Å². The summed E-state index contributed by atoms with van der Waals surface area (Å²) in [5.41, 5.74) is 3.46. The zero-order valence-electron chi connectivity index (χ0n) is 20.0. The van der Waals surface area contributed by atoms with Crippen LogP contribution >= 0.6 is 0 Å². The molecule has 0 radical (unpaired) electrons. The number of benzene rings is 3. The number of anilines is 1. The number of nitrogens with one attached hydrogen (secondary N) is 1. The van der Waals surface area contributed by atoms with E-state index in [1.54, 1.807) is 12.1 Å². The molecule has 0 fully saturated rings. The molecule has 7 nitrogen and oxygen atoms in total. The van der Waals surface area contributed by atoms with Gasteiger partial charge in [0.1, 0.15) is 19.2 Å². The normalized spacial score (nSPS) is 16.1. The number of amides is 1. The van der Waals surface area contributed by atoms with Crippen LogP contribution in [0.2, 0.25) is 0 Å². The fourth-order valence-corrected chi connectivity index (χ4v) is 4.47. The highest BCUT2D eigenvalue weighted by Crippen LogP contribution is 2.27. The third-order valence-electron chi connectivity index (χ3n) is 6.32. The first-order valence-electron chi connectivity index (χ1n) is 12.1. The molecule has 0 unspecified atom stereocenters. The maximum atomic E-state index is 13.5. The molecule has 7 heteroatoms. The van der Waals surface area contributed by atoms with E-state index in [1.807, 2.05) is 72.8 Å². The van der Waals surface area contributed by atoms with Gasteiger partial charge >= 0.3 is 11.9 Å². The lowest BCUT2D eigenvalue weighted by atomic mass is 10.0. The molecule has 2 N–H and O–H groups in total. The summed E-state index contributed by atoms with van der Waals surface area (Å²) >= 11 is 0. The van der Waals surface area contributed by atoms with E-state index < -0.39 is 30.6 Å². The maximum Gasteiger partial charge on any atom is 0.323 e. The number of rotatable bonds is 10. The summed E-state index contributed by atoms with van der Waals surface area (Å²) in [5, 5.41) is 12.7. The Morgan fingerprint density at radius 1 is 0.944 bits per heavy atom. The van der Waals surface area contributed by atoms with Crippen LogP contribution in [0.3, 0.4) is 0 Å². The topological polar surface area (TPSA) is 95.9 Å². The predicted molar refractivity (Wildman–Crippen MR) is 136 cm³/mol. The molecule has 2 atom stereocenters. The molecule has 186 valence electrons. The van der Waals surface area contributed by atoms with Crippen molar-refractivity contribution in [3.8, 4) is 0 Å². The molecular weight excluding hydrogens is 456 g/mol. The molecule has 1 amide bonds. The summed E-state index contributed by atoms with van der Waals surface area (Å²) in [5.74, 6) is -1.89. The minimum absolute atomic E-state index is 0.137.